The van der Waals surface area contributed by atoms with E-state index in [0.717, 1.165) is 12.1 Å². The van der Waals surface area contributed by atoms with Crippen LogP contribution in [0.1, 0.15) is 18.1 Å². The third-order valence-corrected chi connectivity index (χ3v) is 3.50. The Balaban J connectivity index is 2.08. The molecule has 1 aromatic carbocycles. The molecule has 0 spiro atoms. The predicted molar refractivity (Wildman–Crippen MR) is 73.7 cm³/mol. The predicted octanol–water partition coefficient (Wildman–Crippen LogP) is 1.95. The quantitative estimate of drug-likeness (QED) is 0.919. The fourth-order valence-corrected chi connectivity index (χ4v) is 2.44. The van der Waals surface area contributed by atoms with Crippen molar-refractivity contribution in [3.05, 3.63) is 35.4 Å². The first-order chi connectivity index (χ1) is 10.7. The minimum atomic E-state index is -4.47. The van der Waals surface area contributed by atoms with E-state index >= 15 is 0 Å². The number of alkyl halides is 3. The molecule has 1 aliphatic rings. The maximum atomic E-state index is 12.7. The van der Waals surface area contributed by atoms with Gasteiger partial charge in [-0.15, -0.1) is 0 Å². The van der Waals surface area contributed by atoms with E-state index in [-0.39, 0.29) is 25.1 Å². The van der Waals surface area contributed by atoms with Crippen LogP contribution in [-0.2, 0) is 26.9 Å². The van der Waals surface area contributed by atoms with Crippen LogP contribution in [0.15, 0.2) is 24.3 Å². The third-order valence-electron chi connectivity index (χ3n) is 3.50. The van der Waals surface area contributed by atoms with E-state index in [4.69, 9.17) is 9.84 Å². The summed E-state index contributed by atoms with van der Waals surface area (Å²) in [6, 6.07) is 4.54. The van der Waals surface area contributed by atoms with Gasteiger partial charge in [-0.25, -0.2) is 4.79 Å². The highest BCUT2D eigenvalue weighted by atomic mass is 19.4. The molecule has 2 rings (SSSR count). The Morgan fingerprint density at radius 2 is 2.04 bits per heavy atom. The molecule has 1 amide bonds. The number of nitrogens with zero attached hydrogens (tertiary/aromatic N) is 1. The summed E-state index contributed by atoms with van der Waals surface area (Å²) in [6.07, 6.45) is -6.26. The zero-order valence-electron chi connectivity index (χ0n) is 12.3. The molecule has 0 saturated carbocycles. The monoisotopic (exact) mass is 331 g/mol. The van der Waals surface area contributed by atoms with Crippen molar-refractivity contribution in [3.63, 3.8) is 0 Å². The van der Waals surface area contributed by atoms with Crippen molar-refractivity contribution in [2.45, 2.75) is 31.7 Å². The van der Waals surface area contributed by atoms with Gasteiger partial charge in [0.15, 0.2) is 6.10 Å². The molecule has 2 atom stereocenters. The molecule has 1 fully saturated rings. The lowest BCUT2D eigenvalue weighted by atomic mass is 10.1. The summed E-state index contributed by atoms with van der Waals surface area (Å²) in [7, 11) is 0. The smallest absolute Gasteiger partial charge is 0.416 e. The number of benzene rings is 1. The van der Waals surface area contributed by atoms with Crippen molar-refractivity contribution in [2.75, 3.05) is 13.1 Å². The molecule has 1 heterocycles. The highest BCUT2D eigenvalue weighted by Gasteiger charge is 2.33. The number of carboxylic acid groups (broad SMARTS) is 1. The Labute approximate surface area is 130 Å². The number of rotatable bonds is 3. The van der Waals surface area contributed by atoms with E-state index in [1.54, 1.807) is 6.92 Å². The average Bonchev–Trinajstić information content (AvgIpc) is 2.46. The van der Waals surface area contributed by atoms with Crippen LogP contribution in [0.3, 0.4) is 0 Å². The Morgan fingerprint density at radius 3 is 2.65 bits per heavy atom. The Hall–Kier alpha value is -2.09. The largest absolute Gasteiger partial charge is 0.479 e. The summed E-state index contributed by atoms with van der Waals surface area (Å²) >= 11 is 0. The minimum absolute atomic E-state index is 0.114. The number of carbonyl (C=O) groups is 2. The van der Waals surface area contributed by atoms with Gasteiger partial charge in [-0.3, -0.25) is 4.79 Å². The van der Waals surface area contributed by atoms with Crippen molar-refractivity contribution in [2.24, 2.45) is 0 Å². The van der Waals surface area contributed by atoms with E-state index in [2.05, 4.69) is 0 Å². The van der Waals surface area contributed by atoms with Gasteiger partial charge < -0.3 is 14.7 Å². The molecule has 0 radical (unpaired) electrons. The molecule has 126 valence electrons. The van der Waals surface area contributed by atoms with Gasteiger partial charge in [-0.1, -0.05) is 18.2 Å². The number of morpholine rings is 1. The van der Waals surface area contributed by atoms with Crippen LogP contribution in [-0.4, -0.2) is 47.2 Å². The summed E-state index contributed by atoms with van der Waals surface area (Å²) in [5.41, 5.74) is -0.586. The number of hydrogen-bond acceptors (Lipinski definition) is 3. The van der Waals surface area contributed by atoms with Crippen LogP contribution < -0.4 is 0 Å². The number of aliphatic carboxylic acids is 1. The summed E-state index contributed by atoms with van der Waals surface area (Å²) in [6.45, 7) is 1.73. The number of carbonyl (C=O) groups excluding carboxylic acids is 1. The summed E-state index contributed by atoms with van der Waals surface area (Å²) < 4.78 is 43.2. The number of hydrogen-bond donors (Lipinski definition) is 1. The van der Waals surface area contributed by atoms with Crippen LogP contribution in [0, 0.1) is 0 Å². The summed E-state index contributed by atoms with van der Waals surface area (Å²) in [5.74, 6) is -1.60. The number of carboxylic acids is 1. The van der Waals surface area contributed by atoms with Gasteiger partial charge in [0.25, 0.3) is 0 Å². The zero-order chi connectivity index (χ0) is 17.2. The first kappa shape index (κ1) is 17.3. The van der Waals surface area contributed by atoms with Crippen molar-refractivity contribution < 1.29 is 32.6 Å². The van der Waals surface area contributed by atoms with E-state index in [1.807, 2.05) is 0 Å². The maximum absolute atomic E-state index is 12.7. The van der Waals surface area contributed by atoms with Crippen LogP contribution >= 0.6 is 0 Å². The molecule has 0 aromatic heterocycles. The number of ether oxygens (including phenoxy) is 1. The van der Waals surface area contributed by atoms with Gasteiger partial charge in [0, 0.05) is 6.54 Å². The molecular weight excluding hydrogens is 315 g/mol. The molecule has 0 bridgehead atoms. The standard InChI is InChI=1S/C15H16F3NO4/c1-9-7-19(8-12(23-9)14(21)22)13(20)6-10-3-2-4-11(5-10)15(16,17)18/h2-5,9,12H,6-8H2,1H3,(H,21,22)/t9-,12?/m1/s1. The van der Waals surface area contributed by atoms with Crippen molar-refractivity contribution in [3.8, 4) is 0 Å². The van der Waals surface area contributed by atoms with Gasteiger partial charge in [-0.2, -0.15) is 13.2 Å². The van der Waals surface area contributed by atoms with E-state index in [1.165, 1.54) is 17.0 Å². The fraction of sp³-hybridized carbons (Fsp3) is 0.467. The number of halogens is 3. The molecule has 1 aliphatic heterocycles. The Kier molecular flexibility index (Phi) is 4.93. The van der Waals surface area contributed by atoms with E-state index in [9.17, 15) is 22.8 Å². The molecule has 8 heteroatoms. The summed E-state index contributed by atoms with van der Waals surface area (Å²) in [5, 5.41) is 8.98. The topological polar surface area (TPSA) is 66.8 Å². The van der Waals surface area contributed by atoms with Crippen LogP contribution in [0.25, 0.3) is 0 Å². The van der Waals surface area contributed by atoms with Gasteiger partial charge in [0.2, 0.25) is 5.91 Å². The lowest BCUT2D eigenvalue weighted by Crippen LogP contribution is -2.52. The molecular formula is C15H16F3NO4. The molecule has 1 unspecified atom stereocenters. The average molecular weight is 331 g/mol. The van der Waals surface area contributed by atoms with E-state index in [0.29, 0.717) is 0 Å². The first-order valence-electron chi connectivity index (χ1n) is 6.99. The van der Waals surface area contributed by atoms with Gasteiger partial charge in [-0.05, 0) is 18.6 Å². The summed E-state index contributed by atoms with van der Waals surface area (Å²) in [4.78, 5) is 24.5. The van der Waals surface area contributed by atoms with E-state index < -0.39 is 35.8 Å². The lowest BCUT2D eigenvalue weighted by Gasteiger charge is -2.35. The van der Waals surface area contributed by atoms with Crippen LogP contribution in [0.4, 0.5) is 13.2 Å². The molecule has 5 nitrogen and oxygen atoms in total. The molecule has 0 aliphatic carbocycles. The minimum Gasteiger partial charge on any atom is -0.479 e. The second-order valence-corrected chi connectivity index (χ2v) is 5.45. The Bertz CT molecular complexity index is 603. The van der Waals surface area contributed by atoms with Crippen molar-refractivity contribution >= 4 is 11.9 Å². The zero-order valence-corrected chi connectivity index (χ0v) is 12.3. The van der Waals surface area contributed by atoms with Crippen LogP contribution in [0.2, 0.25) is 0 Å². The lowest BCUT2D eigenvalue weighted by molar-refractivity contribution is -0.166. The normalized spacial score (nSPS) is 22.0. The molecule has 23 heavy (non-hydrogen) atoms. The van der Waals surface area contributed by atoms with Gasteiger partial charge >= 0.3 is 12.1 Å². The van der Waals surface area contributed by atoms with Crippen molar-refractivity contribution in [1.29, 1.82) is 0 Å². The van der Waals surface area contributed by atoms with Gasteiger partial charge in [0.05, 0.1) is 24.6 Å². The highest BCUT2D eigenvalue weighted by Crippen LogP contribution is 2.29. The number of amides is 1. The van der Waals surface area contributed by atoms with Crippen LogP contribution in [0.5, 0.6) is 0 Å². The molecule has 1 aromatic rings. The maximum Gasteiger partial charge on any atom is 0.416 e. The van der Waals surface area contributed by atoms with Gasteiger partial charge in [0.1, 0.15) is 0 Å². The highest BCUT2D eigenvalue weighted by molar-refractivity contribution is 5.80. The third kappa shape index (κ3) is 4.44. The fourth-order valence-electron chi connectivity index (χ4n) is 2.44. The Morgan fingerprint density at radius 1 is 1.35 bits per heavy atom. The van der Waals surface area contributed by atoms with Crippen molar-refractivity contribution in [1.82, 2.24) is 4.90 Å². The SMILES string of the molecule is C[C@@H]1CN(C(=O)Cc2cccc(C(F)(F)F)c2)CC(C(=O)O)O1. The first-order valence-corrected chi connectivity index (χ1v) is 6.99. The molecule has 1 saturated heterocycles. The second kappa shape index (κ2) is 6.57. The molecule has 1 N–H and O–H groups in total. The second-order valence-electron chi connectivity index (χ2n) is 5.45.